The van der Waals surface area contributed by atoms with Gasteiger partial charge in [0.2, 0.25) is 5.91 Å². The van der Waals surface area contributed by atoms with Gasteiger partial charge in [0, 0.05) is 6.07 Å². The minimum atomic E-state index is -0.536. The van der Waals surface area contributed by atoms with Crippen molar-refractivity contribution in [2.75, 3.05) is 19.0 Å². The van der Waals surface area contributed by atoms with E-state index in [0.29, 0.717) is 16.5 Å². The van der Waals surface area contributed by atoms with Crippen molar-refractivity contribution in [3.63, 3.8) is 0 Å². The van der Waals surface area contributed by atoms with Crippen molar-refractivity contribution in [1.82, 2.24) is 0 Å². The molecule has 8 heteroatoms. The van der Waals surface area contributed by atoms with E-state index in [9.17, 15) is 14.9 Å². The fraction of sp³-hybridized carbons (Fsp3) is 0.188. The van der Waals surface area contributed by atoms with Crippen LogP contribution in [0.2, 0.25) is 5.02 Å². The maximum Gasteiger partial charge on any atom is 0.273 e. The van der Waals surface area contributed by atoms with Crippen LogP contribution in [0.4, 0.5) is 11.4 Å². The molecule has 0 unspecified atom stereocenters. The molecule has 0 fully saturated rings. The van der Waals surface area contributed by atoms with Gasteiger partial charge in [0.05, 0.1) is 41.8 Å². The second-order valence-electron chi connectivity index (χ2n) is 4.72. The summed E-state index contributed by atoms with van der Waals surface area (Å²) in [6.07, 6.45) is 0.0887. The van der Waals surface area contributed by atoms with Crippen LogP contribution in [0.5, 0.6) is 11.5 Å². The zero-order chi connectivity index (χ0) is 17.5. The van der Waals surface area contributed by atoms with Crippen LogP contribution in [0.3, 0.4) is 0 Å². The van der Waals surface area contributed by atoms with Gasteiger partial charge in [0.15, 0.2) is 0 Å². The van der Waals surface area contributed by atoms with E-state index in [-0.39, 0.29) is 30.4 Å². The van der Waals surface area contributed by atoms with E-state index in [0.717, 1.165) is 0 Å². The Labute approximate surface area is 143 Å². The molecule has 7 nitrogen and oxygen atoms in total. The van der Waals surface area contributed by atoms with Crippen molar-refractivity contribution in [3.05, 3.63) is 57.6 Å². The summed E-state index contributed by atoms with van der Waals surface area (Å²) in [5.41, 5.74) is 0.234. The normalized spacial score (nSPS) is 10.1. The number of nitro groups is 1. The molecule has 2 aromatic rings. The number of hydrogen-bond acceptors (Lipinski definition) is 5. The molecule has 0 radical (unpaired) electrons. The monoisotopic (exact) mass is 350 g/mol. The van der Waals surface area contributed by atoms with E-state index in [1.807, 2.05) is 0 Å². The highest BCUT2D eigenvalue weighted by molar-refractivity contribution is 6.32. The highest BCUT2D eigenvalue weighted by atomic mass is 35.5. The topological polar surface area (TPSA) is 90.7 Å². The van der Waals surface area contributed by atoms with Gasteiger partial charge in [-0.2, -0.15) is 0 Å². The van der Waals surface area contributed by atoms with Crippen LogP contribution in [-0.4, -0.2) is 24.5 Å². The van der Waals surface area contributed by atoms with E-state index in [4.69, 9.17) is 21.1 Å². The van der Waals surface area contributed by atoms with Crippen molar-refractivity contribution in [3.8, 4) is 11.5 Å². The molecule has 0 atom stereocenters. The van der Waals surface area contributed by atoms with Gasteiger partial charge in [-0.05, 0) is 18.2 Å². The predicted octanol–water partition coefficient (Wildman–Crippen LogP) is 3.66. The number of methoxy groups -OCH3 is 1. The Bertz CT molecular complexity index is 751. The summed E-state index contributed by atoms with van der Waals surface area (Å²) in [6, 6.07) is 10.9. The maximum absolute atomic E-state index is 12.0. The minimum Gasteiger partial charge on any atom is -0.494 e. The van der Waals surface area contributed by atoms with Gasteiger partial charge in [0.1, 0.15) is 11.5 Å². The lowest BCUT2D eigenvalue weighted by Crippen LogP contribution is -2.15. The summed E-state index contributed by atoms with van der Waals surface area (Å²) in [5, 5.41) is 13.8. The molecule has 0 aliphatic heterocycles. The number of halogens is 1. The van der Waals surface area contributed by atoms with Crippen LogP contribution in [0.1, 0.15) is 6.42 Å². The number of ether oxygens (including phenoxy) is 2. The zero-order valence-electron chi connectivity index (χ0n) is 12.8. The number of nitrogens with zero attached hydrogens (tertiary/aromatic N) is 1. The Kier molecular flexibility index (Phi) is 5.97. The maximum atomic E-state index is 12.0. The summed E-state index contributed by atoms with van der Waals surface area (Å²) < 4.78 is 10.5. The second-order valence-corrected chi connectivity index (χ2v) is 5.13. The Balaban J connectivity index is 1.92. The third-order valence-corrected chi connectivity index (χ3v) is 3.41. The van der Waals surface area contributed by atoms with Crippen molar-refractivity contribution < 1.29 is 19.2 Å². The van der Waals surface area contributed by atoms with E-state index < -0.39 is 4.92 Å². The molecule has 24 heavy (non-hydrogen) atoms. The van der Waals surface area contributed by atoms with Gasteiger partial charge in [-0.3, -0.25) is 14.9 Å². The predicted molar refractivity (Wildman–Crippen MR) is 89.8 cm³/mol. The summed E-state index contributed by atoms with van der Waals surface area (Å²) in [4.78, 5) is 22.2. The third-order valence-electron chi connectivity index (χ3n) is 3.09. The zero-order valence-corrected chi connectivity index (χ0v) is 13.6. The fourth-order valence-electron chi connectivity index (χ4n) is 1.92. The van der Waals surface area contributed by atoms with Crippen LogP contribution in [0.15, 0.2) is 42.5 Å². The van der Waals surface area contributed by atoms with Crippen LogP contribution in [0, 0.1) is 10.1 Å². The number of nitro benzene ring substituents is 1. The van der Waals surface area contributed by atoms with Crippen LogP contribution in [0.25, 0.3) is 0 Å². The van der Waals surface area contributed by atoms with E-state index >= 15 is 0 Å². The number of amides is 1. The molecular formula is C16H15ClN2O5. The average Bonchev–Trinajstić information content (AvgIpc) is 2.56. The smallest absolute Gasteiger partial charge is 0.273 e. The van der Waals surface area contributed by atoms with Gasteiger partial charge in [0.25, 0.3) is 5.69 Å². The highest BCUT2D eigenvalue weighted by Crippen LogP contribution is 2.29. The molecule has 0 saturated carbocycles. The molecule has 1 amide bonds. The number of anilines is 1. The van der Waals surface area contributed by atoms with Gasteiger partial charge in [-0.15, -0.1) is 0 Å². The standard InChI is InChI=1S/C16H15ClN2O5/c1-23-15-10-11(19(21)22)6-7-13(15)18-16(20)8-9-24-14-5-3-2-4-12(14)17/h2-7,10H,8-9H2,1H3,(H,18,20). The van der Waals surface area contributed by atoms with E-state index in [1.54, 1.807) is 24.3 Å². The first-order chi connectivity index (χ1) is 11.5. The number of non-ortho nitro benzene ring substituents is 1. The SMILES string of the molecule is COc1cc([N+](=O)[O-])ccc1NC(=O)CCOc1ccccc1Cl. The molecule has 0 saturated heterocycles. The van der Waals surface area contributed by atoms with Crippen molar-refractivity contribution in [2.24, 2.45) is 0 Å². The first kappa shape index (κ1) is 17.6. The Morgan fingerprint density at radius 2 is 2.00 bits per heavy atom. The number of para-hydroxylation sites is 1. The van der Waals surface area contributed by atoms with Gasteiger partial charge in [-0.25, -0.2) is 0 Å². The molecule has 126 valence electrons. The van der Waals surface area contributed by atoms with E-state index in [1.165, 1.54) is 25.3 Å². The molecule has 0 aliphatic rings. The van der Waals surface area contributed by atoms with E-state index in [2.05, 4.69) is 5.32 Å². The molecule has 1 N–H and O–H groups in total. The largest absolute Gasteiger partial charge is 0.494 e. The fourth-order valence-corrected chi connectivity index (χ4v) is 2.12. The molecular weight excluding hydrogens is 336 g/mol. The quantitative estimate of drug-likeness (QED) is 0.607. The Morgan fingerprint density at radius 1 is 1.25 bits per heavy atom. The average molecular weight is 351 g/mol. The van der Waals surface area contributed by atoms with Gasteiger partial charge >= 0.3 is 0 Å². The first-order valence-electron chi connectivity index (χ1n) is 7.01. The second kappa shape index (κ2) is 8.16. The summed E-state index contributed by atoms with van der Waals surface area (Å²) in [7, 11) is 1.37. The van der Waals surface area contributed by atoms with Crippen LogP contribution >= 0.6 is 11.6 Å². The summed E-state index contributed by atoms with van der Waals surface area (Å²) in [5.74, 6) is 0.402. The summed E-state index contributed by atoms with van der Waals surface area (Å²) >= 11 is 5.95. The number of carbonyl (C=O) groups excluding carboxylic acids is 1. The minimum absolute atomic E-state index is 0.0887. The third kappa shape index (κ3) is 4.60. The lowest BCUT2D eigenvalue weighted by Gasteiger charge is -2.11. The Hall–Kier alpha value is -2.80. The lowest BCUT2D eigenvalue weighted by molar-refractivity contribution is -0.384. The molecule has 0 bridgehead atoms. The lowest BCUT2D eigenvalue weighted by atomic mass is 10.2. The number of carbonyl (C=O) groups is 1. The van der Waals surface area contributed by atoms with Gasteiger partial charge in [-0.1, -0.05) is 23.7 Å². The van der Waals surface area contributed by atoms with Crippen LogP contribution in [-0.2, 0) is 4.79 Å². The van der Waals surface area contributed by atoms with Crippen molar-refractivity contribution in [1.29, 1.82) is 0 Å². The highest BCUT2D eigenvalue weighted by Gasteiger charge is 2.13. The number of hydrogen-bond donors (Lipinski definition) is 1. The number of nitrogens with one attached hydrogen (secondary N) is 1. The molecule has 2 aromatic carbocycles. The van der Waals surface area contributed by atoms with Crippen molar-refractivity contribution >= 4 is 28.9 Å². The number of rotatable bonds is 7. The number of benzene rings is 2. The molecule has 0 heterocycles. The molecule has 0 spiro atoms. The molecule has 0 aromatic heterocycles. The Morgan fingerprint density at radius 3 is 2.67 bits per heavy atom. The molecule has 0 aliphatic carbocycles. The summed E-state index contributed by atoms with van der Waals surface area (Å²) in [6.45, 7) is 0.144. The van der Waals surface area contributed by atoms with Gasteiger partial charge < -0.3 is 14.8 Å². The first-order valence-corrected chi connectivity index (χ1v) is 7.38. The van der Waals surface area contributed by atoms with Crippen LogP contribution < -0.4 is 14.8 Å². The van der Waals surface area contributed by atoms with Crippen molar-refractivity contribution in [2.45, 2.75) is 6.42 Å². The molecule has 2 rings (SSSR count).